The van der Waals surface area contributed by atoms with Crippen LogP contribution >= 0.6 is 11.8 Å². The van der Waals surface area contributed by atoms with E-state index in [0.29, 0.717) is 11.3 Å². The van der Waals surface area contributed by atoms with Gasteiger partial charge in [0.25, 0.3) is 0 Å². The average Bonchev–Trinajstić information content (AvgIpc) is 2.34. The molecule has 1 rings (SSSR count). The monoisotopic (exact) mass is 158 g/mol. The molecule has 0 aliphatic carbocycles. The first-order valence-corrected chi connectivity index (χ1v) is 3.55. The Morgan fingerprint density at radius 1 is 1.80 bits per heavy atom. The molecule has 0 unspecified atom stereocenters. The molecule has 10 heavy (non-hydrogen) atoms. The Morgan fingerprint density at radius 3 is 2.90 bits per heavy atom. The molecule has 0 aromatic rings. The van der Waals surface area contributed by atoms with Crippen LogP contribution in [0.15, 0.2) is 11.0 Å². The van der Waals surface area contributed by atoms with Gasteiger partial charge in [0.15, 0.2) is 5.12 Å². The van der Waals surface area contributed by atoms with Crippen LogP contribution in [0.3, 0.4) is 0 Å². The first-order valence-electron chi connectivity index (χ1n) is 2.73. The smallest absolute Gasteiger partial charge is 0.344 e. The maximum atomic E-state index is 10.7. The number of hydrogen-bond donors (Lipinski definition) is 0. The van der Waals surface area contributed by atoms with Gasteiger partial charge in [0.05, 0.1) is 12.0 Å². The van der Waals surface area contributed by atoms with Crippen LogP contribution in [0.2, 0.25) is 0 Å². The van der Waals surface area contributed by atoms with Gasteiger partial charge in [-0.3, -0.25) is 4.79 Å². The van der Waals surface area contributed by atoms with Crippen molar-refractivity contribution in [2.24, 2.45) is 0 Å². The fourth-order valence-corrected chi connectivity index (χ4v) is 1.35. The largest absolute Gasteiger partial charge is 0.465 e. The van der Waals surface area contributed by atoms with E-state index in [1.807, 2.05) is 0 Å². The Morgan fingerprint density at radius 2 is 2.50 bits per heavy atom. The van der Waals surface area contributed by atoms with E-state index >= 15 is 0 Å². The van der Waals surface area contributed by atoms with E-state index in [2.05, 4.69) is 4.74 Å². The SMILES string of the molecule is COC(=O)C1=CCC(=O)S1. The highest BCUT2D eigenvalue weighted by Gasteiger charge is 2.20. The van der Waals surface area contributed by atoms with Crippen LogP contribution in [0, 0.1) is 0 Å². The van der Waals surface area contributed by atoms with Crippen molar-refractivity contribution in [3.05, 3.63) is 11.0 Å². The minimum Gasteiger partial charge on any atom is -0.465 e. The normalized spacial score (nSPS) is 16.9. The predicted octanol–water partition coefficient (Wildman–Crippen LogP) is 0.707. The summed E-state index contributed by atoms with van der Waals surface area (Å²) in [6, 6.07) is 0. The molecule has 0 saturated heterocycles. The molecule has 4 heteroatoms. The molecule has 0 amide bonds. The fraction of sp³-hybridized carbons (Fsp3) is 0.333. The average molecular weight is 158 g/mol. The second kappa shape index (κ2) is 2.88. The van der Waals surface area contributed by atoms with Gasteiger partial charge in [-0.25, -0.2) is 4.79 Å². The van der Waals surface area contributed by atoms with Crippen molar-refractivity contribution in [1.29, 1.82) is 0 Å². The summed E-state index contributed by atoms with van der Waals surface area (Å²) >= 11 is 0.946. The lowest BCUT2D eigenvalue weighted by atomic mass is 10.4. The van der Waals surface area contributed by atoms with Gasteiger partial charge >= 0.3 is 5.97 Å². The molecule has 0 atom stereocenters. The van der Waals surface area contributed by atoms with Gasteiger partial charge < -0.3 is 4.74 Å². The zero-order valence-electron chi connectivity index (χ0n) is 5.42. The number of ether oxygens (including phenoxy) is 1. The number of esters is 1. The molecule has 1 aliphatic heterocycles. The van der Waals surface area contributed by atoms with Crippen LogP contribution in [0.5, 0.6) is 0 Å². The second-order valence-electron chi connectivity index (χ2n) is 1.74. The van der Waals surface area contributed by atoms with E-state index in [1.54, 1.807) is 6.08 Å². The molecule has 0 aromatic carbocycles. The third-order valence-electron chi connectivity index (χ3n) is 1.06. The van der Waals surface area contributed by atoms with Crippen molar-refractivity contribution in [3.63, 3.8) is 0 Å². The van der Waals surface area contributed by atoms with E-state index in [0.717, 1.165) is 11.8 Å². The first-order chi connectivity index (χ1) is 4.74. The molecule has 0 radical (unpaired) electrons. The Hall–Kier alpha value is -0.770. The second-order valence-corrected chi connectivity index (χ2v) is 2.84. The van der Waals surface area contributed by atoms with E-state index in [-0.39, 0.29) is 5.12 Å². The molecule has 0 bridgehead atoms. The maximum Gasteiger partial charge on any atom is 0.344 e. The van der Waals surface area contributed by atoms with Crippen LogP contribution in [0.25, 0.3) is 0 Å². The summed E-state index contributed by atoms with van der Waals surface area (Å²) in [4.78, 5) is 21.7. The Balaban J connectivity index is 2.59. The minimum absolute atomic E-state index is 0.000370. The zero-order chi connectivity index (χ0) is 7.56. The lowest BCUT2D eigenvalue weighted by molar-refractivity contribution is -0.135. The van der Waals surface area contributed by atoms with E-state index in [1.165, 1.54) is 7.11 Å². The third-order valence-corrected chi connectivity index (χ3v) is 2.01. The number of allylic oxidation sites excluding steroid dienone is 1. The Bertz CT molecular complexity index is 207. The Kier molecular flexibility index (Phi) is 2.11. The number of methoxy groups -OCH3 is 1. The van der Waals surface area contributed by atoms with Gasteiger partial charge in [-0.05, 0) is 11.8 Å². The summed E-state index contributed by atoms with van der Waals surface area (Å²) in [7, 11) is 1.30. The summed E-state index contributed by atoms with van der Waals surface area (Å²) in [6.45, 7) is 0. The molecule has 0 spiro atoms. The maximum absolute atomic E-state index is 10.7. The fourth-order valence-electron chi connectivity index (χ4n) is 0.608. The topological polar surface area (TPSA) is 43.4 Å². The van der Waals surface area contributed by atoms with Crippen LogP contribution < -0.4 is 0 Å². The number of carbonyl (C=O) groups excluding carboxylic acids is 2. The van der Waals surface area contributed by atoms with Crippen molar-refractivity contribution in [2.75, 3.05) is 7.11 Å². The highest BCUT2D eigenvalue weighted by atomic mass is 32.2. The van der Waals surface area contributed by atoms with Crippen molar-refractivity contribution in [2.45, 2.75) is 6.42 Å². The van der Waals surface area contributed by atoms with Crippen molar-refractivity contribution < 1.29 is 14.3 Å². The zero-order valence-corrected chi connectivity index (χ0v) is 6.23. The lowest BCUT2D eigenvalue weighted by Crippen LogP contribution is -1.99. The van der Waals surface area contributed by atoms with Gasteiger partial charge in [-0.15, -0.1) is 0 Å². The van der Waals surface area contributed by atoms with Gasteiger partial charge in [-0.2, -0.15) is 0 Å². The summed E-state index contributed by atoms with van der Waals surface area (Å²) in [6.07, 6.45) is 1.92. The lowest BCUT2D eigenvalue weighted by Gasteiger charge is -1.94. The van der Waals surface area contributed by atoms with Crippen LogP contribution in [0.1, 0.15) is 6.42 Å². The third kappa shape index (κ3) is 1.39. The molecule has 1 heterocycles. The molecule has 0 N–H and O–H groups in total. The molecular formula is C6H6O3S. The number of rotatable bonds is 1. The standard InChI is InChI=1S/C6H6O3S/c1-9-6(8)4-2-3-5(7)10-4/h2H,3H2,1H3. The summed E-state index contributed by atoms with van der Waals surface area (Å²) in [5.74, 6) is -0.421. The molecule has 0 fully saturated rings. The van der Waals surface area contributed by atoms with Gasteiger partial charge in [0.1, 0.15) is 0 Å². The highest BCUT2D eigenvalue weighted by molar-refractivity contribution is 8.18. The summed E-state index contributed by atoms with van der Waals surface area (Å²) < 4.78 is 4.40. The van der Waals surface area contributed by atoms with Crippen LogP contribution in [-0.2, 0) is 14.3 Å². The van der Waals surface area contributed by atoms with Gasteiger partial charge in [-0.1, -0.05) is 6.08 Å². The van der Waals surface area contributed by atoms with Crippen molar-refractivity contribution in [1.82, 2.24) is 0 Å². The number of carbonyl (C=O) groups is 2. The highest BCUT2D eigenvalue weighted by Crippen LogP contribution is 2.26. The molecule has 3 nitrogen and oxygen atoms in total. The molecule has 1 aliphatic rings. The predicted molar refractivity (Wildman–Crippen MR) is 37.3 cm³/mol. The van der Waals surface area contributed by atoms with Crippen molar-refractivity contribution >= 4 is 22.8 Å². The molecule has 0 saturated carbocycles. The van der Waals surface area contributed by atoms with Crippen molar-refractivity contribution in [3.8, 4) is 0 Å². The Labute approximate surface area is 62.4 Å². The number of hydrogen-bond acceptors (Lipinski definition) is 4. The molecular weight excluding hydrogens is 152 g/mol. The van der Waals surface area contributed by atoms with Gasteiger partial charge in [0.2, 0.25) is 0 Å². The van der Waals surface area contributed by atoms with Crippen LogP contribution in [-0.4, -0.2) is 18.2 Å². The summed E-state index contributed by atoms with van der Waals surface area (Å²) in [5.41, 5.74) is 0. The van der Waals surface area contributed by atoms with E-state index in [4.69, 9.17) is 0 Å². The minimum atomic E-state index is -0.421. The van der Waals surface area contributed by atoms with Gasteiger partial charge in [0, 0.05) is 6.42 Å². The quantitative estimate of drug-likeness (QED) is 0.527. The summed E-state index contributed by atoms with van der Waals surface area (Å²) in [5, 5.41) is 0.000370. The molecule has 54 valence electrons. The first kappa shape index (κ1) is 7.34. The molecule has 0 aromatic heterocycles. The van der Waals surface area contributed by atoms with E-state index in [9.17, 15) is 9.59 Å². The van der Waals surface area contributed by atoms with E-state index < -0.39 is 5.97 Å². The van der Waals surface area contributed by atoms with Crippen LogP contribution in [0.4, 0.5) is 0 Å². The number of thioether (sulfide) groups is 1.